The van der Waals surface area contributed by atoms with E-state index in [1.165, 1.54) is 39.6 Å². The molecule has 2 aromatic carbocycles. The Morgan fingerprint density at radius 3 is 2.33 bits per heavy atom. The minimum atomic E-state index is -4.97. The Bertz CT molecular complexity index is 1540. The van der Waals surface area contributed by atoms with Crippen LogP contribution < -0.4 is 29.6 Å². The maximum atomic E-state index is 12.9. The molecule has 208 valence electrons. The molecule has 0 saturated heterocycles. The Morgan fingerprint density at radius 2 is 1.62 bits per heavy atom. The smallest absolute Gasteiger partial charge is 0.494 e. The average molecular weight is 556 g/mol. The summed E-state index contributed by atoms with van der Waals surface area (Å²) in [6.45, 7) is 0. The number of nitrogens with one attached hydrogen (secondary N) is 3. The number of rotatable bonds is 9. The van der Waals surface area contributed by atoms with Gasteiger partial charge in [-0.15, -0.1) is 13.2 Å². The molecule has 0 unspecified atom stereocenters. The Hall–Kier alpha value is -5.20. The van der Waals surface area contributed by atoms with Gasteiger partial charge in [-0.25, -0.2) is 0 Å². The third-order valence-corrected chi connectivity index (χ3v) is 5.48. The molecule has 3 N–H and O–H groups in total. The Morgan fingerprint density at radius 1 is 0.875 bits per heavy atom. The van der Waals surface area contributed by atoms with Gasteiger partial charge in [0.25, 0.3) is 11.8 Å². The van der Waals surface area contributed by atoms with E-state index < -0.39 is 18.0 Å². The fraction of sp³-hybridized carbons (Fsp3) is 0.148. The molecular formula is C27H23F3N4O6. The number of H-pyrrole nitrogens is 1. The number of ether oxygens (including phenoxy) is 4. The highest BCUT2D eigenvalue weighted by atomic mass is 19.4. The predicted molar refractivity (Wildman–Crippen MR) is 138 cm³/mol. The second-order valence-corrected chi connectivity index (χ2v) is 8.09. The van der Waals surface area contributed by atoms with E-state index in [1.54, 1.807) is 42.6 Å². The molecule has 0 radical (unpaired) electrons. The lowest BCUT2D eigenvalue weighted by Gasteiger charge is -2.16. The molecule has 0 saturated carbocycles. The molecule has 40 heavy (non-hydrogen) atoms. The van der Waals surface area contributed by atoms with E-state index in [1.807, 2.05) is 0 Å². The van der Waals surface area contributed by atoms with Crippen LogP contribution >= 0.6 is 0 Å². The third kappa shape index (κ3) is 6.62. The zero-order valence-electron chi connectivity index (χ0n) is 21.4. The lowest BCUT2D eigenvalue weighted by atomic mass is 10.1. The van der Waals surface area contributed by atoms with Crippen molar-refractivity contribution in [1.82, 2.24) is 15.3 Å². The first-order chi connectivity index (χ1) is 19.1. The molecule has 10 nitrogen and oxygen atoms in total. The van der Waals surface area contributed by atoms with E-state index in [4.69, 9.17) is 14.2 Å². The van der Waals surface area contributed by atoms with Crippen LogP contribution in [0.3, 0.4) is 0 Å². The molecule has 0 aliphatic heterocycles. The topological polar surface area (TPSA) is 124 Å². The summed E-state index contributed by atoms with van der Waals surface area (Å²) in [7, 11) is 3.97. The summed E-state index contributed by atoms with van der Waals surface area (Å²) in [5.41, 5.74) is 1.60. The molecule has 0 spiro atoms. The minimum Gasteiger partial charge on any atom is -0.494 e. The maximum absolute atomic E-state index is 12.9. The van der Waals surface area contributed by atoms with Crippen molar-refractivity contribution in [1.29, 1.82) is 0 Å². The summed E-state index contributed by atoms with van der Waals surface area (Å²) in [6.07, 6.45) is -1.93. The second kappa shape index (κ2) is 11.7. The van der Waals surface area contributed by atoms with Crippen LogP contribution in [0, 0.1) is 0 Å². The van der Waals surface area contributed by atoms with E-state index >= 15 is 0 Å². The number of anilines is 1. The van der Waals surface area contributed by atoms with Crippen molar-refractivity contribution in [2.75, 3.05) is 26.6 Å². The number of carbonyl (C=O) groups excluding carboxylic acids is 2. The largest absolute Gasteiger partial charge is 0.573 e. The van der Waals surface area contributed by atoms with Crippen molar-refractivity contribution in [3.8, 4) is 39.9 Å². The second-order valence-electron chi connectivity index (χ2n) is 8.09. The molecule has 4 rings (SSSR count). The summed E-state index contributed by atoms with van der Waals surface area (Å²) in [5, 5.41) is 5.02. The summed E-state index contributed by atoms with van der Waals surface area (Å²) >= 11 is 0. The normalized spacial score (nSPS) is 10.9. The summed E-state index contributed by atoms with van der Waals surface area (Å²) in [4.78, 5) is 31.6. The van der Waals surface area contributed by atoms with Gasteiger partial charge in [0.05, 0.1) is 19.9 Å². The number of pyridine rings is 1. The quantitative estimate of drug-likeness (QED) is 0.252. The first-order valence-electron chi connectivity index (χ1n) is 11.6. The molecule has 0 aliphatic carbocycles. The lowest BCUT2D eigenvalue weighted by molar-refractivity contribution is -0.275. The number of benzene rings is 2. The monoisotopic (exact) mass is 556 g/mol. The van der Waals surface area contributed by atoms with E-state index in [0.717, 1.165) is 6.07 Å². The van der Waals surface area contributed by atoms with Crippen molar-refractivity contribution in [3.63, 3.8) is 0 Å². The standard InChI is InChI=1S/C27H23F3N4O6/c1-31-25(35)21-11-18(7-8-32-21)39-17-6-4-5-15(9-17)16-10-20(33-14-16)26(36)34-19-12-24(40-27(28,29)30)23(38-3)13-22(19)37-2/h4-14,33H,1-3H3,(H,31,35)(H,34,36). The number of nitrogens with zero attached hydrogens (tertiary/aromatic N) is 1. The zero-order chi connectivity index (χ0) is 28.9. The number of hydrogen-bond acceptors (Lipinski definition) is 7. The number of halogens is 3. The first-order valence-corrected chi connectivity index (χ1v) is 11.6. The first kappa shape index (κ1) is 27.8. The maximum Gasteiger partial charge on any atom is 0.573 e. The third-order valence-electron chi connectivity index (χ3n) is 5.48. The SMILES string of the molecule is CNC(=O)c1cc(Oc2cccc(-c3c[nH]c(C(=O)Nc4cc(OC(F)(F)F)c(OC)cc4OC)c3)c2)ccn1. The summed E-state index contributed by atoms with van der Waals surface area (Å²) in [6, 6.07) is 13.8. The van der Waals surface area contributed by atoms with Crippen LogP contribution in [-0.2, 0) is 0 Å². The van der Waals surface area contributed by atoms with Crippen LogP contribution in [0.4, 0.5) is 18.9 Å². The Labute approximate surface area is 226 Å². The predicted octanol–water partition coefficient (Wildman–Crippen LogP) is 5.40. The molecule has 0 aliphatic rings. The number of hydrogen-bond donors (Lipinski definition) is 3. The van der Waals surface area contributed by atoms with Crippen LogP contribution in [-0.4, -0.2) is 49.4 Å². The van der Waals surface area contributed by atoms with Crippen molar-refractivity contribution >= 4 is 17.5 Å². The van der Waals surface area contributed by atoms with E-state index in [-0.39, 0.29) is 34.5 Å². The fourth-order valence-electron chi connectivity index (χ4n) is 3.66. The minimum absolute atomic E-state index is 0.0621. The molecule has 2 heterocycles. The van der Waals surface area contributed by atoms with Gasteiger partial charge in [0.1, 0.15) is 28.6 Å². The highest BCUT2D eigenvalue weighted by Gasteiger charge is 2.33. The van der Waals surface area contributed by atoms with E-state index in [2.05, 4.69) is 25.3 Å². The highest BCUT2D eigenvalue weighted by molar-refractivity contribution is 6.04. The van der Waals surface area contributed by atoms with Crippen LogP contribution in [0.1, 0.15) is 21.0 Å². The zero-order valence-corrected chi connectivity index (χ0v) is 21.4. The number of aromatic nitrogens is 2. The summed E-state index contributed by atoms with van der Waals surface area (Å²) < 4.78 is 58.6. The number of aromatic amines is 1. The molecule has 13 heteroatoms. The van der Waals surface area contributed by atoms with Gasteiger partial charge in [-0.3, -0.25) is 14.6 Å². The number of amides is 2. The highest BCUT2D eigenvalue weighted by Crippen LogP contribution is 2.40. The number of carbonyl (C=O) groups is 2. The van der Waals surface area contributed by atoms with Gasteiger partial charge in [0, 0.05) is 43.2 Å². The van der Waals surface area contributed by atoms with E-state index in [9.17, 15) is 22.8 Å². The molecule has 2 aromatic heterocycles. The van der Waals surface area contributed by atoms with Crippen LogP contribution in [0.25, 0.3) is 11.1 Å². The fourth-order valence-corrected chi connectivity index (χ4v) is 3.66. The van der Waals surface area contributed by atoms with Gasteiger partial charge in [-0.05, 0) is 29.8 Å². The van der Waals surface area contributed by atoms with E-state index in [0.29, 0.717) is 22.6 Å². The average Bonchev–Trinajstić information content (AvgIpc) is 3.43. The molecule has 4 aromatic rings. The van der Waals surface area contributed by atoms with Crippen molar-refractivity contribution in [3.05, 3.63) is 78.4 Å². The van der Waals surface area contributed by atoms with Gasteiger partial charge in [-0.1, -0.05) is 12.1 Å². The molecule has 2 amide bonds. The van der Waals surface area contributed by atoms with Crippen molar-refractivity contribution in [2.45, 2.75) is 6.36 Å². The van der Waals surface area contributed by atoms with Gasteiger partial charge in [0.2, 0.25) is 0 Å². The van der Waals surface area contributed by atoms with Gasteiger partial charge in [-0.2, -0.15) is 0 Å². The molecule has 0 atom stereocenters. The van der Waals surface area contributed by atoms with Gasteiger partial charge >= 0.3 is 6.36 Å². The number of methoxy groups -OCH3 is 2. The number of alkyl halides is 3. The van der Waals surface area contributed by atoms with Crippen LogP contribution in [0.5, 0.6) is 28.7 Å². The van der Waals surface area contributed by atoms with Crippen LogP contribution in [0.15, 0.2) is 67.0 Å². The van der Waals surface area contributed by atoms with Crippen molar-refractivity contribution < 1.29 is 41.7 Å². The lowest BCUT2D eigenvalue weighted by Crippen LogP contribution is -2.18. The molecule has 0 fully saturated rings. The Balaban J connectivity index is 1.53. The van der Waals surface area contributed by atoms with Crippen molar-refractivity contribution in [2.24, 2.45) is 0 Å². The molecule has 0 bridgehead atoms. The van der Waals surface area contributed by atoms with Crippen LogP contribution in [0.2, 0.25) is 0 Å². The van der Waals surface area contributed by atoms with Gasteiger partial charge < -0.3 is 34.6 Å². The Kier molecular flexibility index (Phi) is 8.12. The van der Waals surface area contributed by atoms with Gasteiger partial charge in [0.15, 0.2) is 11.5 Å². The summed E-state index contributed by atoms with van der Waals surface area (Å²) in [5.74, 6) is -0.930. The molecular weight excluding hydrogens is 533 g/mol.